The van der Waals surface area contributed by atoms with E-state index in [0.717, 1.165) is 11.8 Å². The van der Waals surface area contributed by atoms with Gasteiger partial charge in [0.2, 0.25) is 0 Å². The number of benzene rings is 2. The number of rotatable bonds is 9. The van der Waals surface area contributed by atoms with Crippen molar-refractivity contribution in [3.63, 3.8) is 0 Å². The number of carbonyl (C=O) groups excluding carboxylic acids is 1. The van der Waals surface area contributed by atoms with Gasteiger partial charge in [0, 0.05) is 31.4 Å². The van der Waals surface area contributed by atoms with Gasteiger partial charge in [0.1, 0.15) is 29.8 Å². The third-order valence-electron chi connectivity index (χ3n) is 4.29. The van der Waals surface area contributed by atoms with Gasteiger partial charge in [-0.15, -0.1) is 0 Å². The van der Waals surface area contributed by atoms with Gasteiger partial charge in [-0.25, -0.2) is 9.82 Å². The van der Waals surface area contributed by atoms with Gasteiger partial charge >= 0.3 is 0 Å². The third kappa shape index (κ3) is 6.98. The van der Waals surface area contributed by atoms with Crippen molar-refractivity contribution >= 4 is 23.1 Å². The number of anilines is 1. The van der Waals surface area contributed by atoms with Gasteiger partial charge in [-0.2, -0.15) is 0 Å². The van der Waals surface area contributed by atoms with Crippen LogP contribution in [0.1, 0.15) is 36.7 Å². The van der Waals surface area contributed by atoms with Crippen LogP contribution >= 0.6 is 0 Å². The van der Waals surface area contributed by atoms with Gasteiger partial charge in [0.25, 0.3) is 5.91 Å². The molecule has 2 rings (SSSR count). The highest BCUT2D eigenvalue weighted by molar-refractivity contribution is 6.04. The molecule has 0 atom stereocenters. The summed E-state index contributed by atoms with van der Waals surface area (Å²) in [5, 5.41) is 11.8. The Labute approximate surface area is 188 Å². The van der Waals surface area contributed by atoms with Crippen molar-refractivity contribution in [1.82, 2.24) is 10.4 Å². The number of hydrogen-bond acceptors (Lipinski definition) is 6. The Kier molecular flexibility index (Phi) is 10.7. The Bertz CT molecular complexity index is 963. The summed E-state index contributed by atoms with van der Waals surface area (Å²) in [6, 6.07) is 9.02. The molecule has 9 heteroatoms. The van der Waals surface area contributed by atoms with E-state index in [4.69, 9.17) is 20.6 Å². The molecule has 8 nitrogen and oxygen atoms in total. The lowest BCUT2D eigenvalue weighted by atomic mass is 10.1. The largest absolute Gasteiger partial charge is 0.497 e. The molecular weight excluding hydrogens is 413 g/mol. The summed E-state index contributed by atoms with van der Waals surface area (Å²) in [7, 11) is 5.01. The van der Waals surface area contributed by atoms with Crippen LogP contribution in [0.2, 0.25) is 0 Å². The van der Waals surface area contributed by atoms with E-state index in [2.05, 4.69) is 10.7 Å². The second-order valence-electron chi connectivity index (χ2n) is 6.28. The highest BCUT2D eigenvalue weighted by atomic mass is 19.1. The minimum atomic E-state index is -0.683. The van der Waals surface area contributed by atoms with E-state index in [1.54, 1.807) is 30.3 Å². The molecule has 2 aromatic rings. The van der Waals surface area contributed by atoms with Crippen LogP contribution in [0.3, 0.4) is 0 Å². The molecule has 0 heterocycles. The fourth-order valence-electron chi connectivity index (χ4n) is 2.74. The standard InChI is InChI=1S/C21H26FN5O3.C2H6/c1-5-18(27(3)25-2)16-10-13(6-9-19(16)30-12-20(23)24)26-21(28)15-8-7-14(29-4)11-17(15)22;1-2/h5-11,25H,12H2,1-4H3,(H3,23,24)(H,26,28);1-2H3/b18-5-;. The summed E-state index contributed by atoms with van der Waals surface area (Å²) in [6.07, 6.45) is 1.86. The molecule has 2 aromatic carbocycles. The van der Waals surface area contributed by atoms with Crippen LogP contribution in [0, 0.1) is 11.2 Å². The van der Waals surface area contributed by atoms with Crippen LogP contribution in [0.25, 0.3) is 5.70 Å². The van der Waals surface area contributed by atoms with E-state index in [-0.39, 0.29) is 18.0 Å². The fraction of sp³-hybridized carbons (Fsp3) is 0.304. The fourth-order valence-corrected chi connectivity index (χ4v) is 2.74. The number of nitrogens with one attached hydrogen (secondary N) is 3. The molecule has 32 heavy (non-hydrogen) atoms. The lowest BCUT2D eigenvalue weighted by Gasteiger charge is -2.24. The number of methoxy groups -OCH3 is 1. The normalized spacial score (nSPS) is 10.5. The van der Waals surface area contributed by atoms with Crippen molar-refractivity contribution in [3.8, 4) is 11.5 Å². The number of carbonyl (C=O) groups is 1. The number of ether oxygens (including phenoxy) is 2. The number of halogens is 1. The summed E-state index contributed by atoms with van der Waals surface area (Å²) in [4.78, 5) is 12.6. The molecule has 0 aromatic heterocycles. The molecule has 0 fully saturated rings. The number of hydrazine groups is 1. The first-order chi connectivity index (χ1) is 15.3. The SMILES string of the molecule is C/C=C(/c1cc(NC(=O)c2ccc(OC)cc2F)ccc1OCC(=N)N)N(C)NC.CC. The molecule has 1 amide bonds. The Morgan fingerprint density at radius 1 is 1.22 bits per heavy atom. The van der Waals surface area contributed by atoms with Gasteiger partial charge < -0.3 is 25.5 Å². The number of nitrogens with zero attached hydrogens (tertiary/aromatic N) is 1. The molecule has 0 radical (unpaired) electrons. The van der Waals surface area contributed by atoms with E-state index in [1.807, 2.05) is 33.9 Å². The molecule has 0 aliphatic carbocycles. The summed E-state index contributed by atoms with van der Waals surface area (Å²) >= 11 is 0. The molecule has 0 saturated carbocycles. The van der Waals surface area contributed by atoms with E-state index < -0.39 is 11.7 Å². The highest BCUT2D eigenvalue weighted by Gasteiger charge is 2.17. The predicted molar refractivity (Wildman–Crippen MR) is 127 cm³/mol. The topological polar surface area (TPSA) is 113 Å². The smallest absolute Gasteiger partial charge is 0.258 e. The van der Waals surface area contributed by atoms with Gasteiger partial charge in [-0.1, -0.05) is 19.9 Å². The molecule has 0 aliphatic heterocycles. The minimum Gasteiger partial charge on any atom is -0.497 e. The van der Waals surface area contributed by atoms with Crippen molar-refractivity contribution in [2.24, 2.45) is 5.73 Å². The van der Waals surface area contributed by atoms with Crippen LogP contribution in [-0.2, 0) is 0 Å². The predicted octanol–water partition coefficient (Wildman–Crippen LogP) is 3.85. The third-order valence-corrected chi connectivity index (χ3v) is 4.29. The molecular formula is C23H32FN5O3. The second kappa shape index (κ2) is 13.0. The van der Waals surface area contributed by atoms with Crippen LogP contribution in [-0.4, -0.2) is 44.6 Å². The molecule has 174 valence electrons. The molecule has 0 unspecified atom stereocenters. The zero-order valence-corrected chi connectivity index (χ0v) is 19.4. The first-order valence-corrected chi connectivity index (χ1v) is 10.1. The van der Waals surface area contributed by atoms with Crippen molar-refractivity contribution in [2.75, 3.05) is 33.1 Å². The maximum Gasteiger partial charge on any atom is 0.258 e. The zero-order valence-electron chi connectivity index (χ0n) is 19.4. The minimum absolute atomic E-state index is 0.0734. The van der Waals surface area contributed by atoms with Crippen LogP contribution in [0.4, 0.5) is 10.1 Å². The Hall–Kier alpha value is -3.59. The lowest BCUT2D eigenvalue weighted by molar-refractivity contribution is 0.102. The Balaban J connectivity index is 0.00000249. The highest BCUT2D eigenvalue weighted by Crippen LogP contribution is 2.31. The zero-order chi connectivity index (χ0) is 24.3. The van der Waals surface area contributed by atoms with Gasteiger partial charge in [-0.05, 0) is 37.3 Å². The van der Waals surface area contributed by atoms with Crippen LogP contribution < -0.4 is 25.9 Å². The van der Waals surface area contributed by atoms with Gasteiger partial charge in [0.05, 0.1) is 18.4 Å². The average Bonchev–Trinajstić information content (AvgIpc) is 2.79. The molecule has 5 N–H and O–H groups in total. The molecule has 0 bridgehead atoms. The number of hydrogen-bond donors (Lipinski definition) is 4. The van der Waals surface area contributed by atoms with Crippen molar-refractivity contribution in [2.45, 2.75) is 20.8 Å². The molecule has 0 saturated heterocycles. The monoisotopic (exact) mass is 445 g/mol. The summed E-state index contributed by atoms with van der Waals surface area (Å²) in [5.41, 5.74) is 10.2. The van der Waals surface area contributed by atoms with E-state index >= 15 is 0 Å². The number of allylic oxidation sites excluding steroid dienone is 1. The molecule has 0 spiro atoms. The van der Waals surface area contributed by atoms with Gasteiger partial charge in [-0.3, -0.25) is 10.2 Å². The van der Waals surface area contributed by atoms with E-state index in [1.165, 1.54) is 19.2 Å². The van der Waals surface area contributed by atoms with Crippen LogP contribution in [0.15, 0.2) is 42.5 Å². The lowest BCUT2D eigenvalue weighted by Crippen LogP contribution is -2.29. The Morgan fingerprint density at radius 3 is 2.44 bits per heavy atom. The van der Waals surface area contributed by atoms with Crippen LogP contribution in [0.5, 0.6) is 11.5 Å². The maximum absolute atomic E-state index is 14.2. The van der Waals surface area contributed by atoms with E-state index in [9.17, 15) is 9.18 Å². The van der Waals surface area contributed by atoms with Crippen molar-refractivity contribution in [1.29, 1.82) is 5.41 Å². The van der Waals surface area contributed by atoms with Crippen molar-refractivity contribution in [3.05, 3.63) is 59.4 Å². The van der Waals surface area contributed by atoms with Gasteiger partial charge in [0.15, 0.2) is 0 Å². The summed E-state index contributed by atoms with van der Waals surface area (Å²) < 4.78 is 24.8. The summed E-state index contributed by atoms with van der Waals surface area (Å²) in [6.45, 7) is 5.78. The second-order valence-corrected chi connectivity index (χ2v) is 6.28. The van der Waals surface area contributed by atoms with E-state index in [0.29, 0.717) is 22.7 Å². The first kappa shape index (κ1) is 26.4. The number of amides is 1. The van der Waals surface area contributed by atoms with Crippen molar-refractivity contribution < 1.29 is 18.7 Å². The quantitative estimate of drug-likeness (QED) is 0.265. The average molecular weight is 446 g/mol. The first-order valence-electron chi connectivity index (χ1n) is 10.1. The molecule has 0 aliphatic rings. The Morgan fingerprint density at radius 2 is 1.91 bits per heavy atom. The number of amidine groups is 1. The maximum atomic E-state index is 14.2. The summed E-state index contributed by atoms with van der Waals surface area (Å²) in [5.74, 6) is -0.586. The number of nitrogens with two attached hydrogens (primary N) is 1.